The SMILES string of the molecule is C=CCOC(=O)c1sc(N2C(=O)C(=O)/C(=C(/O)c3cc(C)ccc3C)C2c2ccc(O)cc2)nc1C. The molecule has 2 heterocycles. The number of thiazole rings is 1. The van der Waals surface area contributed by atoms with Gasteiger partial charge in [0.2, 0.25) is 0 Å². The fourth-order valence-corrected chi connectivity index (χ4v) is 5.00. The van der Waals surface area contributed by atoms with Crippen molar-refractivity contribution in [3.05, 3.63) is 93.5 Å². The molecule has 184 valence electrons. The topological polar surface area (TPSA) is 117 Å². The van der Waals surface area contributed by atoms with Gasteiger partial charge < -0.3 is 14.9 Å². The molecule has 1 aliphatic heterocycles. The van der Waals surface area contributed by atoms with Crippen molar-refractivity contribution in [3.8, 4) is 5.75 Å². The van der Waals surface area contributed by atoms with Crippen LogP contribution in [-0.4, -0.2) is 39.5 Å². The Morgan fingerprint density at radius 3 is 2.53 bits per heavy atom. The second-order valence-electron chi connectivity index (χ2n) is 8.38. The summed E-state index contributed by atoms with van der Waals surface area (Å²) in [6, 6.07) is 10.4. The molecule has 1 saturated heterocycles. The van der Waals surface area contributed by atoms with E-state index in [9.17, 15) is 24.6 Å². The maximum Gasteiger partial charge on any atom is 0.350 e. The van der Waals surface area contributed by atoms with Gasteiger partial charge in [0.25, 0.3) is 5.78 Å². The number of aliphatic hydroxyl groups is 1. The van der Waals surface area contributed by atoms with E-state index in [1.807, 2.05) is 19.1 Å². The molecule has 36 heavy (non-hydrogen) atoms. The van der Waals surface area contributed by atoms with E-state index in [1.54, 1.807) is 32.0 Å². The van der Waals surface area contributed by atoms with Crippen molar-refractivity contribution >= 4 is 39.9 Å². The van der Waals surface area contributed by atoms with Crippen LogP contribution >= 0.6 is 11.3 Å². The highest BCUT2D eigenvalue weighted by Crippen LogP contribution is 2.44. The molecule has 1 aliphatic rings. The smallest absolute Gasteiger partial charge is 0.350 e. The fourth-order valence-electron chi connectivity index (χ4n) is 4.01. The number of rotatable bonds is 6. The minimum atomic E-state index is -1.03. The lowest BCUT2D eigenvalue weighted by Gasteiger charge is -2.23. The van der Waals surface area contributed by atoms with E-state index >= 15 is 0 Å². The summed E-state index contributed by atoms with van der Waals surface area (Å²) in [4.78, 5) is 44.9. The lowest BCUT2D eigenvalue weighted by atomic mass is 9.93. The van der Waals surface area contributed by atoms with Crippen LogP contribution in [0.2, 0.25) is 0 Å². The molecule has 2 N–H and O–H groups in total. The van der Waals surface area contributed by atoms with Gasteiger partial charge in [-0.3, -0.25) is 14.5 Å². The van der Waals surface area contributed by atoms with E-state index in [-0.39, 0.29) is 33.7 Å². The van der Waals surface area contributed by atoms with Gasteiger partial charge in [-0.1, -0.05) is 53.8 Å². The van der Waals surface area contributed by atoms with Gasteiger partial charge in [0.05, 0.1) is 17.3 Å². The number of nitrogens with zero attached hydrogens (tertiary/aromatic N) is 2. The predicted molar refractivity (Wildman–Crippen MR) is 136 cm³/mol. The highest BCUT2D eigenvalue weighted by molar-refractivity contribution is 7.17. The molecule has 1 fully saturated rings. The first-order valence-electron chi connectivity index (χ1n) is 11.1. The average Bonchev–Trinajstić information content (AvgIpc) is 3.36. The van der Waals surface area contributed by atoms with Crippen LogP contribution in [0.5, 0.6) is 5.75 Å². The molecule has 0 aliphatic carbocycles. The molecule has 0 spiro atoms. The first-order chi connectivity index (χ1) is 17.1. The third-order valence-electron chi connectivity index (χ3n) is 5.81. The Morgan fingerprint density at radius 2 is 1.86 bits per heavy atom. The summed E-state index contributed by atoms with van der Waals surface area (Å²) in [7, 11) is 0. The summed E-state index contributed by atoms with van der Waals surface area (Å²) in [6.07, 6.45) is 1.44. The number of benzene rings is 2. The Morgan fingerprint density at radius 1 is 1.17 bits per heavy atom. The van der Waals surface area contributed by atoms with Crippen LogP contribution in [0.3, 0.4) is 0 Å². The van der Waals surface area contributed by atoms with Crippen LogP contribution in [0, 0.1) is 20.8 Å². The number of esters is 1. The van der Waals surface area contributed by atoms with Gasteiger partial charge in [-0.15, -0.1) is 0 Å². The molecule has 0 radical (unpaired) electrons. The summed E-state index contributed by atoms with van der Waals surface area (Å²) >= 11 is 0.917. The van der Waals surface area contributed by atoms with E-state index in [0.717, 1.165) is 22.5 Å². The molecule has 1 atom stereocenters. The number of aryl methyl sites for hydroxylation is 3. The van der Waals surface area contributed by atoms with Gasteiger partial charge in [-0.2, -0.15) is 0 Å². The number of ketones is 1. The molecule has 4 rings (SSSR count). The average molecular weight is 505 g/mol. The third-order valence-corrected chi connectivity index (χ3v) is 6.95. The molecule has 1 amide bonds. The quantitative estimate of drug-likeness (QED) is 0.164. The largest absolute Gasteiger partial charge is 0.508 e. The molecular weight excluding hydrogens is 480 g/mol. The number of ether oxygens (including phenoxy) is 1. The van der Waals surface area contributed by atoms with Gasteiger partial charge in [0, 0.05) is 5.56 Å². The molecular formula is C27H24N2O6S. The van der Waals surface area contributed by atoms with Gasteiger partial charge in [-0.25, -0.2) is 9.78 Å². The number of anilines is 1. The first kappa shape index (κ1) is 24.9. The molecule has 2 aromatic carbocycles. The van der Waals surface area contributed by atoms with Crippen LogP contribution in [0.1, 0.15) is 43.7 Å². The predicted octanol–water partition coefficient (Wildman–Crippen LogP) is 4.74. The summed E-state index contributed by atoms with van der Waals surface area (Å²) in [5.74, 6) is -2.70. The second-order valence-corrected chi connectivity index (χ2v) is 9.35. The van der Waals surface area contributed by atoms with E-state index in [4.69, 9.17) is 4.74 Å². The van der Waals surface area contributed by atoms with E-state index in [0.29, 0.717) is 16.8 Å². The summed E-state index contributed by atoms with van der Waals surface area (Å²) in [5.41, 5.74) is 2.73. The van der Waals surface area contributed by atoms with Crippen molar-refractivity contribution < 1.29 is 29.3 Å². The third kappa shape index (κ3) is 4.40. The second kappa shape index (κ2) is 9.79. The van der Waals surface area contributed by atoms with Crippen LogP contribution in [0.15, 0.2) is 60.7 Å². The molecule has 1 aromatic heterocycles. The zero-order chi connectivity index (χ0) is 26.1. The van der Waals surface area contributed by atoms with Gasteiger partial charge in [0.15, 0.2) is 5.13 Å². The standard InChI is InChI=1S/C27H24N2O6S/c1-5-12-35-26(34)24-16(4)28-27(36-24)29-21(17-8-10-18(30)11-9-17)20(23(32)25(29)33)22(31)19-13-14(2)6-7-15(19)3/h5-11,13,21,30-31H,1,12H2,2-4H3/b22-20+. The molecule has 8 nitrogen and oxygen atoms in total. The highest BCUT2D eigenvalue weighted by atomic mass is 32.1. The maximum atomic E-state index is 13.3. The molecule has 0 bridgehead atoms. The number of phenols is 1. The molecule has 9 heteroatoms. The van der Waals surface area contributed by atoms with Crippen molar-refractivity contribution in [2.75, 3.05) is 11.5 Å². The number of phenolic OH excluding ortho intramolecular Hbond substituents is 1. The van der Waals surface area contributed by atoms with Crippen LogP contribution < -0.4 is 4.90 Å². The Bertz CT molecular complexity index is 1420. The molecule has 3 aromatic rings. The normalized spacial score (nSPS) is 16.9. The Balaban J connectivity index is 1.91. The zero-order valence-electron chi connectivity index (χ0n) is 19.9. The van der Waals surface area contributed by atoms with Gasteiger partial charge in [-0.05, 0) is 50.1 Å². The number of aliphatic hydroxyl groups excluding tert-OH is 1. The number of amides is 1. The number of hydrogen-bond acceptors (Lipinski definition) is 8. The summed E-state index contributed by atoms with van der Waals surface area (Å²) in [5, 5.41) is 21.2. The van der Waals surface area contributed by atoms with Crippen LogP contribution in [-0.2, 0) is 14.3 Å². The Kier molecular flexibility index (Phi) is 6.76. The van der Waals surface area contributed by atoms with E-state index in [1.165, 1.54) is 23.1 Å². The Hall–Kier alpha value is -4.24. The minimum Gasteiger partial charge on any atom is -0.508 e. The van der Waals surface area contributed by atoms with E-state index < -0.39 is 23.7 Å². The lowest BCUT2D eigenvalue weighted by molar-refractivity contribution is -0.132. The van der Waals surface area contributed by atoms with Crippen LogP contribution in [0.4, 0.5) is 5.13 Å². The minimum absolute atomic E-state index is 0.00238. The van der Waals surface area contributed by atoms with E-state index in [2.05, 4.69) is 11.6 Å². The molecule has 0 saturated carbocycles. The Labute approximate surface area is 211 Å². The number of hydrogen-bond donors (Lipinski definition) is 2. The van der Waals surface area contributed by atoms with Crippen molar-refractivity contribution in [1.29, 1.82) is 0 Å². The van der Waals surface area contributed by atoms with Gasteiger partial charge in [0.1, 0.15) is 23.0 Å². The van der Waals surface area contributed by atoms with Gasteiger partial charge >= 0.3 is 11.9 Å². The highest BCUT2D eigenvalue weighted by Gasteiger charge is 2.48. The summed E-state index contributed by atoms with van der Waals surface area (Å²) < 4.78 is 5.11. The van der Waals surface area contributed by atoms with Crippen molar-refractivity contribution in [2.24, 2.45) is 0 Å². The zero-order valence-corrected chi connectivity index (χ0v) is 20.8. The van der Waals surface area contributed by atoms with Crippen molar-refractivity contribution in [3.63, 3.8) is 0 Å². The number of aromatic hydroxyl groups is 1. The summed E-state index contributed by atoms with van der Waals surface area (Å²) in [6.45, 7) is 8.79. The van der Waals surface area contributed by atoms with Crippen LogP contribution in [0.25, 0.3) is 5.76 Å². The number of aromatic nitrogens is 1. The maximum absolute atomic E-state index is 13.3. The fraction of sp³-hybridized carbons (Fsp3) is 0.185. The lowest BCUT2D eigenvalue weighted by Crippen LogP contribution is -2.29. The monoisotopic (exact) mass is 504 g/mol. The molecule has 1 unspecified atom stereocenters. The van der Waals surface area contributed by atoms with Crippen molar-refractivity contribution in [2.45, 2.75) is 26.8 Å². The number of carbonyl (C=O) groups is 3. The first-order valence-corrected chi connectivity index (χ1v) is 11.9. The number of carbonyl (C=O) groups excluding carboxylic acids is 3. The number of Topliss-reactive ketones (excluding diaryl/α,β-unsaturated/α-hetero) is 1. The van der Waals surface area contributed by atoms with Crippen molar-refractivity contribution in [1.82, 2.24) is 4.98 Å².